The Bertz CT molecular complexity index is 555. The van der Waals surface area contributed by atoms with Gasteiger partial charge in [-0.15, -0.1) is 10.2 Å². The van der Waals surface area contributed by atoms with Gasteiger partial charge in [0, 0.05) is 25.0 Å². The van der Waals surface area contributed by atoms with E-state index in [1.807, 2.05) is 35.9 Å². The first kappa shape index (κ1) is 15.9. The van der Waals surface area contributed by atoms with Gasteiger partial charge in [-0.25, -0.2) is 0 Å². The van der Waals surface area contributed by atoms with Crippen LogP contribution >= 0.6 is 11.8 Å². The highest BCUT2D eigenvalue weighted by atomic mass is 32.2. The molecule has 21 heavy (non-hydrogen) atoms. The Labute approximate surface area is 129 Å². The minimum absolute atomic E-state index is 0.274. The maximum Gasteiger partial charge on any atom is 0.191 e. The standard InChI is InChI=1S/C15H21N3O2S/c1-18-14(12-6-8-13(20-2)9-7-12)16-17-15(18)21-11-5-3-4-10-19/h6-9,19H,3-5,10-11H2,1-2H3. The second kappa shape index (κ2) is 8.05. The van der Waals surface area contributed by atoms with E-state index in [9.17, 15) is 0 Å². The number of unbranched alkanes of at least 4 members (excludes halogenated alkanes) is 2. The van der Waals surface area contributed by atoms with Crippen LogP contribution in [0.2, 0.25) is 0 Å². The van der Waals surface area contributed by atoms with E-state index >= 15 is 0 Å². The summed E-state index contributed by atoms with van der Waals surface area (Å²) < 4.78 is 7.17. The van der Waals surface area contributed by atoms with Crippen LogP contribution in [0.4, 0.5) is 0 Å². The summed E-state index contributed by atoms with van der Waals surface area (Å²) in [6, 6.07) is 7.81. The molecule has 1 heterocycles. The van der Waals surface area contributed by atoms with E-state index in [0.717, 1.165) is 47.3 Å². The molecule has 0 radical (unpaired) electrons. The Balaban J connectivity index is 1.98. The third kappa shape index (κ3) is 4.22. The molecule has 1 aromatic heterocycles. The van der Waals surface area contributed by atoms with Gasteiger partial charge >= 0.3 is 0 Å². The summed E-state index contributed by atoms with van der Waals surface area (Å²) in [6.45, 7) is 0.274. The van der Waals surface area contributed by atoms with Gasteiger partial charge in [0.25, 0.3) is 0 Å². The lowest BCUT2D eigenvalue weighted by Gasteiger charge is -2.05. The lowest BCUT2D eigenvalue weighted by atomic mass is 10.2. The number of thioether (sulfide) groups is 1. The number of aliphatic hydroxyl groups is 1. The molecule has 6 heteroatoms. The van der Waals surface area contributed by atoms with Crippen molar-refractivity contribution < 1.29 is 9.84 Å². The molecule has 0 amide bonds. The van der Waals surface area contributed by atoms with Gasteiger partial charge in [0.1, 0.15) is 5.75 Å². The number of benzene rings is 1. The molecule has 5 nitrogen and oxygen atoms in total. The molecule has 0 saturated heterocycles. The molecule has 1 N–H and O–H groups in total. The quantitative estimate of drug-likeness (QED) is 0.600. The molecule has 114 valence electrons. The summed E-state index contributed by atoms with van der Waals surface area (Å²) in [4.78, 5) is 0. The highest BCUT2D eigenvalue weighted by Crippen LogP contribution is 2.24. The predicted molar refractivity (Wildman–Crippen MR) is 84.7 cm³/mol. The summed E-state index contributed by atoms with van der Waals surface area (Å²) >= 11 is 1.70. The summed E-state index contributed by atoms with van der Waals surface area (Å²) in [7, 11) is 3.64. The number of aliphatic hydroxyl groups excluding tert-OH is 1. The van der Waals surface area contributed by atoms with Crippen LogP contribution in [0.3, 0.4) is 0 Å². The minimum atomic E-state index is 0.274. The SMILES string of the molecule is COc1ccc(-c2nnc(SCCCCCO)n2C)cc1. The molecule has 0 atom stereocenters. The Hall–Kier alpha value is -1.53. The highest BCUT2D eigenvalue weighted by Gasteiger charge is 2.11. The van der Waals surface area contributed by atoms with E-state index in [-0.39, 0.29) is 6.61 Å². The first-order valence-electron chi connectivity index (χ1n) is 7.03. The zero-order chi connectivity index (χ0) is 15.1. The lowest BCUT2D eigenvalue weighted by Crippen LogP contribution is -1.95. The molecule has 0 unspecified atom stereocenters. The summed E-state index contributed by atoms with van der Waals surface area (Å²) in [5, 5.41) is 18.2. The van der Waals surface area contributed by atoms with Crippen molar-refractivity contribution >= 4 is 11.8 Å². The number of methoxy groups -OCH3 is 1. The van der Waals surface area contributed by atoms with Crippen molar-refractivity contribution in [3.8, 4) is 17.1 Å². The largest absolute Gasteiger partial charge is 0.497 e. The zero-order valence-electron chi connectivity index (χ0n) is 12.5. The fourth-order valence-electron chi connectivity index (χ4n) is 1.99. The molecule has 2 rings (SSSR count). The first-order valence-corrected chi connectivity index (χ1v) is 8.02. The van der Waals surface area contributed by atoms with Crippen LogP contribution in [-0.4, -0.2) is 39.3 Å². The molecule has 0 spiro atoms. The van der Waals surface area contributed by atoms with Gasteiger partial charge in [0.2, 0.25) is 0 Å². The van der Waals surface area contributed by atoms with Crippen molar-refractivity contribution in [2.45, 2.75) is 24.4 Å². The molecule has 0 aliphatic carbocycles. The maximum atomic E-state index is 8.75. The number of rotatable bonds is 8. The van der Waals surface area contributed by atoms with Gasteiger partial charge in [0.05, 0.1) is 7.11 Å². The molecule has 0 saturated carbocycles. The van der Waals surface area contributed by atoms with Crippen LogP contribution in [0.25, 0.3) is 11.4 Å². The summed E-state index contributed by atoms with van der Waals surface area (Å²) in [5.41, 5.74) is 1.03. The average Bonchev–Trinajstić information content (AvgIpc) is 2.88. The van der Waals surface area contributed by atoms with E-state index in [2.05, 4.69) is 10.2 Å². The van der Waals surface area contributed by atoms with Crippen LogP contribution < -0.4 is 4.74 Å². The van der Waals surface area contributed by atoms with Gasteiger partial charge in [-0.1, -0.05) is 18.2 Å². The number of ether oxygens (including phenoxy) is 1. The smallest absolute Gasteiger partial charge is 0.191 e. The van der Waals surface area contributed by atoms with Crippen LogP contribution in [0.1, 0.15) is 19.3 Å². The van der Waals surface area contributed by atoms with E-state index in [4.69, 9.17) is 9.84 Å². The molecular weight excluding hydrogens is 286 g/mol. The monoisotopic (exact) mass is 307 g/mol. The second-order valence-electron chi connectivity index (χ2n) is 4.73. The molecule has 1 aromatic carbocycles. The summed E-state index contributed by atoms with van der Waals surface area (Å²) in [5.74, 6) is 2.68. The van der Waals surface area contributed by atoms with Crippen molar-refractivity contribution in [3.05, 3.63) is 24.3 Å². The highest BCUT2D eigenvalue weighted by molar-refractivity contribution is 7.99. The van der Waals surface area contributed by atoms with Crippen molar-refractivity contribution in [1.82, 2.24) is 14.8 Å². The average molecular weight is 307 g/mol. The Morgan fingerprint density at radius 3 is 2.57 bits per heavy atom. The van der Waals surface area contributed by atoms with Crippen LogP contribution in [0, 0.1) is 0 Å². The number of nitrogens with zero attached hydrogens (tertiary/aromatic N) is 3. The van der Waals surface area contributed by atoms with Gasteiger partial charge in [-0.05, 0) is 37.1 Å². The van der Waals surface area contributed by atoms with E-state index in [1.165, 1.54) is 0 Å². The molecular formula is C15H21N3O2S. The van der Waals surface area contributed by atoms with Crippen LogP contribution in [0.5, 0.6) is 5.75 Å². The van der Waals surface area contributed by atoms with Crippen molar-refractivity contribution in [2.75, 3.05) is 19.5 Å². The fourth-order valence-corrected chi connectivity index (χ4v) is 2.90. The first-order chi connectivity index (χ1) is 10.3. The van der Waals surface area contributed by atoms with E-state index < -0.39 is 0 Å². The number of aromatic nitrogens is 3. The molecule has 0 aliphatic heterocycles. The second-order valence-corrected chi connectivity index (χ2v) is 5.79. The third-order valence-corrected chi connectivity index (χ3v) is 4.32. The molecule has 2 aromatic rings. The van der Waals surface area contributed by atoms with Gasteiger partial charge in [-0.2, -0.15) is 0 Å². The van der Waals surface area contributed by atoms with Crippen molar-refractivity contribution in [3.63, 3.8) is 0 Å². The topological polar surface area (TPSA) is 60.2 Å². The van der Waals surface area contributed by atoms with Crippen molar-refractivity contribution in [1.29, 1.82) is 0 Å². The normalized spacial score (nSPS) is 10.8. The predicted octanol–water partition coefficient (Wildman–Crippen LogP) is 2.75. The zero-order valence-corrected chi connectivity index (χ0v) is 13.3. The number of hydrogen-bond donors (Lipinski definition) is 1. The van der Waals surface area contributed by atoms with E-state index in [0.29, 0.717) is 0 Å². The summed E-state index contributed by atoms with van der Waals surface area (Å²) in [6.07, 6.45) is 3.00. The molecule has 0 aliphatic rings. The van der Waals surface area contributed by atoms with Gasteiger partial charge < -0.3 is 14.4 Å². The number of hydrogen-bond acceptors (Lipinski definition) is 5. The Morgan fingerprint density at radius 2 is 1.90 bits per heavy atom. The Kier molecular flexibility index (Phi) is 6.07. The van der Waals surface area contributed by atoms with Crippen LogP contribution in [-0.2, 0) is 7.05 Å². The fraction of sp³-hybridized carbons (Fsp3) is 0.467. The van der Waals surface area contributed by atoms with Crippen molar-refractivity contribution in [2.24, 2.45) is 7.05 Å². The Morgan fingerprint density at radius 1 is 1.14 bits per heavy atom. The van der Waals surface area contributed by atoms with Crippen LogP contribution in [0.15, 0.2) is 29.4 Å². The third-order valence-electron chi connectivity index (χ3n) is 3.22. The lowest BCUT2D eigenvalue weighted by molar-refractivity contribution is 0.284. The van der Waals surface area contributed by atoms with Gasteiger partial charge in [-0.3, -0.25) is 0 Å². The molecule has 0 fully saturated rings. The minimum Gasteiger partial charge on any atom is -0.497 e. The van der Waals surface area contributed by atoms with Gasteiger partial charge in [0.15, 0.2) is 11.0 Å². The maximum absolute atomic E-state index is 8.75. The molecule has 0 bridgehead atoms. The van der Waals surface area contributed by atoms with E-state index in [1.54, 1.807) is 18.9 Å².